The molecular formula is C16H21NO2. The molecule has 2 saturated heterocycles. The Labute approximate surface area is 114 Å². The largest absolute Gasteiger partial charge is 0.383 e. The number of hydrogen-bond acceptors (Lipinski definition) is 2. The number of carbonyl (C=O) groups is 1. The molecular weight excluding hydrogens is 238 g/mol. The van der Waals surface area contributed by atoms with E-state index in [0.717, 1.165) is 31.4 Å². The lowest BCUT2D eigenvalue weighted by atomic mass is 9.67. The fourth-order valence-electron chi connectivity index (χ4n) is 3.80. The Hall–Kier alpha value is -1.35. The lowest BCUT2D eigenvalue weighted by Gasteiger charge is -2.54. The van der Waals surface area contributed by atoms with E-state index in [1.165, 1.54) is 0 Å². The molecule has 3 aliphatic rings. The molecule has 2 bridgehead atoms. The summed E-state index contributed by atoms with van der Waals surface area (Å²) in [6.45, 7) is 2.72. The molecule has 4 rings (SSSR count). The summed E-state index contributed by atoms with van der Waals surface area (Å²) in [5.41, 5.74) is 0.103. The van der Waals surface area contributed by atoms with Gasteiger partial charge in [-0.05, 0) is 30.7 Å². The molecule has 1 saturated carbocycles. The van der Waals surface area contributed by atoms with Gasteiger partial charge in [0.15, 0.2) is 0 Å². The summed E-state index contributed by atoms with van der Waals surface area (Å²) in [6.07, 6.45) is 3.36. The predicted molar refractivity (Wildman–Crippen MR) is 73.5 cm³/mol. The van der Waals surface area contributed by atoms with Crippen LogP contribution in [0.15, 0.2) is 30.3 Å². The van der Waals surface area contributed by atoms with E-state index in [9.17, 15) is 9.90 Å². The van der Waals surface area contributed by atoms with Crippen LogP contribution in [0.25, 0.3) is 0 Å². The summed E-state index contributed by atoms with van der Waals surface area (Å²) in [7, 11) is 0. The molecule has 0 aromatic heterocycles. The molecule has 0 spiro atoms. The second-order valence-corrected chi connectivity index (χ2v) is 5.85. The van der Waals surface area contributed by atoms with Crippen molar-refractivity contribution in [3.8, 4) is 0 Å². The Balaban J connectivity index is 1.96. The van der Waals surface area contributed by atoms with Crippen LogP contribution in [0.2, 0.25) is 0 Å². The lowest BCUT2D eigenvalue weighted by molar-refractivity contribution is -0.165. The van der Waals surface area contributed by atoms with Gasteiger partial charge >= 0.3 is 0 Å². The molecule has 0 radical (unpaired) electrons. The zero-order valence-corrected chi connectivity index (χ0v) is 11.4. The Morgan fingerprint density at radius 2 is 2.11 bits per heavy atom. The highest BCUT2D eigenvalue weighted by molar-refractivity contribution is 5.76. The smallest absolute Gasteiger partial charge is 0.222 e. The second kappa shape index (κ2) is 4.64. The Morgan fingerprint density at radius 1 is 1.37 bits per heavy atom. The van der Waals surface area contributed by atoms with Crippen molar-refractivity contribution in [3.63, 3.8) is 0 Å². The van der Waals surface area contributed by atoms with Crippen molar-refractivity contribution < 1.29 is 9.90 Å². The van der Waals surface area contributed by atoms with Gasteiger partial charge in [-0.2, -0.15) is 0 Å². The van der Waals surface area contributed by atoms with Crippen LogP contribution in [0.1, 0.15) is 38.2 Å². The van der Waals surface area contributed by atoms with Gasteiger partial charge < -0.3 is 10.0 Å². The molecule has 3 atom stereocenters. The number of fused-ring (bicyclic) bond motifs is 3. The summed E-state index contributed by atoms with van der Waals surface area (Å²) >= 11 is 0. The molecule has 1 N–H and O–H groups in total. The van der Waals surface area contributed by atoms with Crippen molar-refractivity contribution in [1.82, 2.24) is 4.90 Å². The van der Waals surface area contributed by atoms with Crippen molar-refractivity contribution in [2.45, 2.75) is 44.2 Å². The van der Waals surface area contributed by atoms with Gasteiger partial charge in [0.25, 0.3) is 0 Å². The van der Waals surface area contributed by atoms with E-state index in [2.05, 4.69) is 0 Å². The van der Waals surface area contributed by atoms with E-state index in [-0.39, 0.29) is 11.9 Å². The van der Waals surface area contributed by atoms with Crippen molar-refractivity contribution >= 4 is 5.91 Å². The molecule has 1 aromatic rings. The number of rotatable bonds is 2. The van der Waals surface area contributed by atoms with Crippen molar-refractivity contribution in [2.24, 2.45) is 5.92 Å². The van der Waals surface area contributed by atoms with Gasteiger partial charge in [-0.25, -0.2) is 0 Å². The van der Waals surface area contributed by atoms with E-state index in [0.29, 0.717) is 12.3 Å². The van der Waals surface area contributed by atoms with Crippen molar-refractivity contribution in [1.29, 1.82) is 0 Å². The first-order valence-corrected chi connectivity index (χ1v) is 7.22. The summed E-state index contributed by atoms with van der Waals surface area (Å²) < 4.78 is 0. The van der Waals surface area contributed by atoms with E-state index < -0.39 is 5.60 Å². The number of aliphatic hydroxyl groups is 1. The molecule has 3 nitrogen and oxygen atoms in total. The van der Waals surface area contributed by atoms with Gasteiger partial charge in [-0.15, -0.1) is 0 Å². The minimum Gasteiger partial charge on any atom is -0.383 e. The highest BCUT2D eigenvalue weighted by Gasteiger charge is 2.52. The molecule has 19 heavy (non-hydrogen) atoms. The summed E-state index contributed by atoms with van der Waals surface area (Å²) in [5.74, 6) is 0.606. The highest BCUT2D eigenvalue weighted by Crippen LogP contribution is 2.47. The van der Waals surface area contributed by atoms with Crippen LogP contribution in [-0.2, 0) is 10.4 Å². The van der Waals surface area contributed by atoms with E-state index >= 15 is 0 Å². The molecule has 102 valence electrons. The number of piperidine rings is 2. The Bertz CT molecular complexity index is 473. The average Bonchev–Trinajstić information content (AvgIpc) is 2.47. The van der Waals surface area contributed by atoms with Gasteiger partial charge in [-0.3, -0.25) is 4.79 Å². The van der Waals surface area contributed by atoms with Crippen LogP contribution >= 0.6 is 0 Å². The summed E-state index contributed by atoms with van der Waals surface area (Å²) in [6, 6.07) is 9.80. The maximum absolute atomic E-state index is 12.1. The molecule has 1 aliphatic carbocycles. The van der Waals surface area contributed by atoms with Gasteiger partial charge in [0, 0.05) is 13.0 Å². The van der Waals surface area contributed by atoms with Crippen molar-refractivity contribution in [3.05, 3.63) is 35.9 Å². The van der Waals surface area contributed by atoms with Gasteiger partial charge in [0.2, 0.25) is 5.91 Å². The van der Waals surface area contributed by atoms with Crippen molar-refractivity contribution in [2.75, 3.05) is 6.54 Å². The summed E-state index contributed by atoms with van der Waals surface area (Å²) in [5, 5.41) is 11.2. The SMILES string of the molecule is CCC(=O)N1C[C@@H]2CC[C@H]1[C@](O)(c1ccccc1)C2. The first-order chi connectivity index (χ1) is 9.15. The number of nitrogens with zero attached hydrogens (tertiary/aromatic N) is 1. The van der Waals surface area contributed by atoms with Crippen LogP contribution in [0.3, 0.4) is 0 Å². The third-order valence-electron chi connectivity index (χ3n) is 4.73. The maximum Gasteiger partial charge on any atom is 0.222 e. The molecule has 2 aliphatic heterocycles. The molecule has 0 unspecified atom stereocenters. The average molecular weight is 259 g/mol. The zero-order valence-electron chi connectivity index (χ0n) is 11.4. The van der Waals surface area contributed by atoms with E-state index in [1.807, 2.05) is 42.2 Å². The predicted octanol–water partition coefficient (Wildman–Crippen LogP) is 2.30. The minimum absolute atomic E-state index is 0.0488. The van der Waals surface area contributed by atoms with Gasteiger partial charge in [0.1, 0.15) is 5.60 Å². The summed E-state index contributed by atoms with van der Waals surface area (Å²) in [4.78, 5) is 14.0. The lowest BCUT2D eigenvalue weighted by Crippen LogP contribution is -2.62. The molecule has 2 heterocycles. The maximum atomic E-state index is 12.1. The van der Waals surface area contributed by atoms with Gasteiger partial charge in [-0.1, -0.05) is 37.3 Å². The molecule has 1 amide bonds. The third kappa shape index (κ3) is 1.96. The number of benzene rings is 1. The normalized spacial score (nSPS) is 33.5. The molecule has 3 fully saturated rings. The van der Waals surface area contributed by atoms with Crippen LogP contribution in [-0.4, -0.2) is 28.5 Å². The van der Waals surface area contributed by atoms with Crippen LogP contribution in [0, 0.1) is 5.92 Å². The molecule has 1 aromatic carbocycles. The quantitative estimate of drug-likeness (QED) is 0.885. The van der Waals surface area contributed by atoms with E-state index in [1.54, 1.807) is 0 Å². The van der Waals surface area contributed by atoms with Crippen LogP contribution < -0.4 is 0 Å². The topological polar surface area (TPSA) is 40.5 Å². The zero-order chi connectivity index (χ0) is 13.5. The second-order valence-electron chi connectivity index (χ2n) is 5.85. The van der Waals surface area contributed by atoms with Crippen LogP contribution in [0.4, 0.5) is 0 Å². The number of hydrogen-bond donors (Lipinski definition) is 1. The fourth-order valence-corrected chi connectivity index (χ4v) is 3.80. The first-order valence-electron chi connectivity index (χ1n) is 7.22. The first kappa shape index (κ1) is 12.7. The minimum atomic E-state index is -0.854. The van der Waals surface area contributed by atoms with Crippen LogP contribution in [0.5, 0.6) is 0 Å². The van der Waals surface area contributed by atoms with E-state index in [4.69, 9.17) is 0 Å². The highest BCUT2D eigenvalue weighted by atomic mass is 16.3. The Morgan fingerprint density at radius 3 is 2.74 bits per heavy atom. The molecule has 3 heteroatoms. The fraction of sp³-hybridized carbons (Fsp3) is 0.562. The number of amides is 1. The Kier molecular flexibility index (Phi) is 3.09. The number of carbonyl (C=O) groups excluding carboxylic acids is 1. The third-order valence-corrected chi connectivity index (χ3v) is 4.73. The monoisotopic (exact) mass is 259 g/mol. The van der Waals surface area contributed by atoms with Gasteiger partial charge in [0.05, 0.1) is 6.04 Å². The standard InChI is InChI=1S/C16H21NO2/c1-2-15(18)17-11-12-8-9-14(17)16(19,10-12)13-6-4-3-5-7-13/h3-7,12,14,19H,2,8-11H2,1H3/t12-,14+,16-/m1/s1.